The van der Waals surface area contributed by atoms with E-state index in [2.05, 4.69) is 5.32 Å². The number of methoxy groups -OCH3 is 1. The van der Waals surface area contributed by atoms with E-state index in [1.54, 1.807) is 42.3 Å². The minimum Gasteiger partial charge on any atom is -0.497 e. The molecule has 3 rings (SSSR count). The van der Waals surface area contributed by atoms with Crippen LogP contribution < -0.4 is 19.7 Å². The van der Waals surface area contributed by atoms with E-state index in [9.17, 15) is 9.59 Å². The van der Waals surface area contributed by atoms with Crippen molar-refractivity contribution in [2.45, 2.75) is 12.5 Å². The van der Waals surface area contributed by atoms with Gasteiger partial charge in [0.2, 0.25) is 5.91 Å². The Hall–Kier alpha value is -2.73. The zero-order valence-electron chi connectivity index (χ0n) is 14.3. The Morgan fingerprint density at radius 2 is 2.00 bits per heavy atom. The first-order chi connectivity index (χ1) is 12.5. The third-order valence-electron chi connectivity index (χ3n) is 4.04. The number of nitrogens with zero attached hydrogens (tertiary/aromatic N) is 1. The first kappa shape index (κ1) is 18.1. The van der Waals surface area contributed by atoms with Crippen LogP contribution in [0.5, 0.6) is 11.5 Å². The summed E-state index contributed by atoms with van der Waals surface area (Å²) in [6.45, 7) is 0.296. The van der Waals surface area contributed by atoms with Crippen molar-refractivity contribution in [2.75, 3.05) is 25.2 Å². The van der Waals surface area contributed by atoms with Crippen molar-refractivity contribution in [3.8, 4) is 11.5 Å². The second-order valence-electron chi connectivity index (χ2n) is 5.92. The van der Waals surface area contributed by atoms with Crippen molar-refractivity contribution >= 4 is 29.1 Å². The van der Waals surface area contributed by atoms with Gasteiger partial charge in [0.05, 0.1) is 13.2 Å². The highest BCUT2D eigenvalue weighted by molar-refractivity contribution is 6.30. The van der Waals surface area contributed by atoms with E-state index >= 15 is 0 Å². The fourth-order valence-corrected chi connectivity index (χ4v) is 2.91. The molecule has 0 aliphatic carbocycles. The molecule has 6 nitrogen and oxygen atoms in total. The predicted molar refractivity (Wildman–Crippen MR) is 98.8 cm³/mol. The number of rotatable bonds is 6. The molecule has 7 heteroatoms. The Balaban J connectivity index is 1.53. The predicted octanol–water partition coefficient (Wildman–Crippen LogP) is 2.65. The van der Waals surface area contributed by atoms with Crippen molar-refractivity contribution in [1.82, 2.24) is 5.32 Å². The van der Waals surface area contributed by atoms with E-state index in [0.717, 1.165) is 5.69 Å². The van der Waals surface area contributed by atoms with Gasteiger partial charge in [-0.2, -0.15) is 0 Å². The Kier molecular flexibility index (Phi) is 5.63. The number of carbonyl (C=O) groups excluding carboxylic acids is 2. The molecule has 1 aliphatic rings. The van der Waals surface area contributed by atoms with Crippen LogP contribution in [-0.4, -0.2) is 38.1 Å². The van der Waals surface area contributed by atoms with Crippen LogP contribution in [0.2, 0.25) is 5.02 Å². The summed E-state index contributed by atoms with van der Waals surface area (Å²) >= 11 is 5.81. The van der Waals surface area contributed by atoms with Crippen LogP contribution in [0.3, 0.4) is 0 Å². The molecule has 1 heterocycles. The standard InChI is InChI=1S/C19H19ClN2O4/c1-25-17-4-2-3-15(10-17)22-11-14(9-19(22)24)21-18(23)12-26-16-7-5-13(20)6-8-16/h2-8,10,14H,9,11-12H2,1H3,(H,21,23)/t14-/m0/s1. The van der Waals surface area contributed by atoms with E-state index in [0.29, 0.717) is 23.1 Å². The second kappa shape index (κ2) is 8.10. The largest absolute Gasteiger partial charge is 0.497 e. The van der Waals surface area contributed by atoms with Crippen LogP contribution in [-0.2, 0) is 9.59 Å². The molecule has 1 aliphatic heterocycles. The molecule has 2 aromatic rings. The number of ether oxygens (including phenoxy) is 2. The maximum Gasteiger partial charge on any atom is 0.258 e. The number of hydrogen-bond donors (Lipinski definition) is 1. The lowest BCUT2D eigenvalue weighted by atomic mass is 10.2. The maximum absolute atomic E-state index is 12.3. The quantitative estimate of drug-likeness (QED) is 0.844. The van der Waals surface area contributed by atoms with Gasteiger partial charge in [0.25, 0.3) is 5.91 Å². The zero-order chi connectivity index (χ0) is 18.5. The molecule has 1 fully saturated rings. The molecule has 136 valence electrons. The Bertz CT molecular complexity index is 794. The van der Waals surface area contributed by atoms with Crippen LogP contribution >= 0.6 is 11.6 Å². The van der Waals surface area contributed by atoms with Crippen molar-refractivity contribution < 1.29 is 19.1 Å². The molecule has 1 atom stereocenters. The number of carbonyl (C=O) groups is 2. The number of benzene rings is 2. The van der Waals surface area contributed by atoms with Gasteiger partial charge >= 0.3 is 0 Å². The lowest BCUT2D eigenvalue weighted by Crippen LogP contribution is -2.39. The minimum absolute atomic E-state index is 0.0397. The van der Waals surface area contributed by atoms with Gasteiger partial charge in [-0.15, -0.1) is 0 Å². The van der Waals surface area contributed by atoms with Crippen LogP contribution in [0.15, 0.2) is 48.5 Å². The summed E-state index contributed by atoms with van der Waals surface area (Å²) in [7, 11) is 1.58. The summed E-state index contributed by atoms with van der Waals surface area (Å²) < 4.78 is 10.6. The summed E-state index contributed by atoms with van der Waals surface area (Å²) in [4.78, 5) is 26.0. The molecule has 0 bridgehead atoms. The molecule has 2 amide bonds. The van der Waals surface area contributed by atoms with Crippen molar-refractivity contribution in [3.63, 3.8) is 0 Å². The monoisotopic (exact) mass is 374 g/mol. The van der Waals surface area contributed by atoms with Crippen LogP contribution in [0.25, 0.3) is 0 Å². The average Bonchev–Trinajstić information content (AvgIpc) is 3.01. The number of hydrogen-bond acceptors (Lipinski definition) is 4. The van der Waals surface area contributed by atoms with Gasteiger partial charge in [0, 0.05) is 29.7 Å². The molecule has 2 aromatic carbocycles. The third-order valence-corrected chi connectivity index (χ3v) is 4.29. The Morgan fingerprint density at radius 1 is 1.23 bits per heavy atom. The number of amides is 2. The average molecular weight is 375 g/mol. The first-order valence-electron chi connectivity index (χ1n) is 8.17. The van der Waals surface area contributed by atoms with Crippen molar-refractivity contribution in [3.05, 3.63) is 53.6 Å². The molecular weight excluding hydrogens is 356 g/mol. The van der Waals surface area contributed by atoms with Gasteiger partial charge in [-0.05, 0) is 36.4 Å². The molecule has 0 aromatic heterocycles. The number of anilines is 1. The topological polar surface area (TPSA) is 67.9 Å². The molecule has 0 saturated carbocycles. The first-order valence-corrected chi connectivity index (χ1v) is 8.55. The highest BCUT2D eigenvalue weighted by Gasteiger charge is 2.31. The van der Waals surface area contributed by atoms with Crippen LogP contribution in [0.1, 0.15) is 6.42 Å². The summed E-state index contributed by atoms with van der Waals surface area (Å²) in [6.07, 6.45) is 0.254. The second-order valence-corrected chi connectivity index (χ2v) is 6.35. The van der Waals surface area contributed by atoms with E-state index in [4.69, 9.17) is 21.1 Å². The van der Waals surface area contributed by atoms with Crippen molar-refractivity contribution in [1.29, 1.82) is 0 Å². The van der Waals surface area contributed by atoms with Gasteiger partial charge in [-0.3, -0.25) is 9.59 Å². The van der Waals surface area contributed by atoms with E-state index in [1.807, 2.05) is 18.2 Å². The summed E-state index contributed by atoms with van der Waals surface area (Å²) in [6, 6.07) is 13.8. The summed E-state index contributed by atoms with van der Waals surface area (Å²) in [5, 5.41) is 3.44. The van der Waals surface area contributed by atoms with E-state index in [1.165, 1.54) is 0 Å². The van der Waals surface area contributed by atoms with Crippen molar-refractivity contribution in [2.24, 2.45) is 0 Å². The highest BCUT2D eigenvalue weighted by Crippen LogP contribution is 2.25. The maximum atomic E-state index is 12.3. The molecule has 26 heavy (non-hydrogen) atoms. The highest BCUT2D eigenvalue weighted by atomic mass is 35.5. The lowest BCUT2D eigenvalue weighted by Gasteiger charge is -2.18. The third kappa shape index (κ3) is 4.46. The summed E-state index contributed by atoms with van der Waals surface area (Å²) in [5.41, 5.74) is 0.753. The molecule has 0 unspecified atom stereocenters. The van der Waals surface area contributed by atoms with Gasteiger partial charge in [-0.25, -0.2) is 0 Å². The normalized spacial score (nSPS) is 16.5. The molecular formula is C19H19ClN2O4. The number of nitrogens with one attached hydrogen (secondary N) is 1. The van der Waals surface area contributed by atoms with E-state index in [-0.39, 0.29) is 30.9 Å². The zero-order valence-corrected chi connectivity index (χ0v) is 15.0. The van der Waals surface area contributed by atoms with Gasteiger partial charge in [0.1, 0.15) is 11.5 Å². The van der Waals surface area contributed by atoms with Crippen LogP contribution in [0.4, 0.5) is 5.69 Å². The van der Waals surface area contributed by atoms with Gasteiger partial charge in [-0.1, -0.05) is 17.7 Å². The van der Waals surface area contributed by atoms with Gasteiger partial charge in [0.15, 0.2) is 6.61 Å². The minimum atomic E-state index is -0.273. The van der Waals surface area contributed by atoms with Crippen LogP contribution in [0, 0.1) is 0 Å². The lowest BCUT2D eigenvalue weighted by molar-refractivity contribution is -0.123. The molecule has 1 saturated heterocycles. The van der Waals surface area contributed by atoms with Gasteiger partial charge < -0.3 is 19.7 Å². The SMILES string of the molecule is COc1cccc(N2C[C@@H](NC(=O)COc3ccc(Cl)cc3)CC2=O)c1. The van der Waals surface area contributed by atoms with E-state index < -0.39 is 0 Å². The Morgan fingerprint density at radius 3 is 2.73 bits per heavy atom. The smallest absolute Gasteiger partial charge is 0.258 e. The Labute approximate surface area is 156 Å². The molecule has 1 N–H and O–H groups in total. The molecule has 0 radical (unpaired) electrons. The molecule has 0 spiro atoms. The summed E-state index contributed by atoms with van der Waals surface area (Å²) in [5.74, 6) is 0.927. The fourth-order valence-electron chi connectivity index (χ4n) is 2.78. The fraction of sp³-hybridized carbons (Fsp3) is 0.263. The number of halogens is 1.